The topological polar surface area (TPSA) is 87.7 Å². The number of anilines is 1. The van der Waals surface area contributed by atoms with Crippen molar-refractivity contribution >= 4 is 35.2 Å². The van der Waals surface area contributed by atoms with Gasteiger partial charge < -0.3 is 20.3 Å². The summed E-state index contributed by atoms with van der Waals surface area (Å²) in [5, 5.41) is 6.32. The van der Waals surface area contributed by atoms with Gasteiger partial charge >= 0.3 is 6.09 Å². The van der Waals surface area contributed by atoms with Gasteiger partial charge in [0.25, 0.3) is 5.91 Å². The minimum Gasteiger partial charge on any atom is -0.444 e. The predicted molar refractivity (Wildman–Crippen MR) is 181 cm³/mol. The van der Waals surface area contributed by atoms with E-state index in [-0.39, 0.29) is 17.7 Å². The van der Waals surface area contributed by atoms with Crippen LogP contribution in [0.15, 0.2) is 36.4 Å². The minimum absolute atomic E-state index is 0.198. The van der Waals surface area contributed by atoms with Crippen LogP contribution in [0.1, 0.15) is 115 Å². The van der Waals surface area contributed by atoms with Crippen molar-refractivity contribution in [2.75, 3.05) is 11.9 Å². The second kappa shape index (κ2) is 17.4. The Bertz CT molecular complexity index is 1240. The van der Waals surface area contributed by atoms with E-state index in [9.17, 15) is 14.4 Å². The van der Waals surface area contributed by atoms with E-state index in [1.807, 2.05) is 65.0 Å². The summed E-state index contributed by atoms with van der Waals surface area (Å²) in [6.07, 6.45) is 6.16. The quantitative estimate of drug-likeness (QED) is 0.193. The van der Waals surface area contributed by atoms with Crippen LogP contribution in [0.4, 0.5) is 10.5 Å². The van der Waals surface area contributed by atoms with Crippen molar-refractivity contribution in [3.63, 3.8) is 0 Å². The first kappa shape index (κ1) is 37.1. The predicted octanol–water partition coefficient (Wildman–Crippen LogP) is 9.07. The van der Waals surface area contributed by atoms with Gasteiger partial charge in [-0.3, -0.25) is 9.59 Å². The molecule has 44 heavy (non-hydrogen) atoms. The Labute approximate surface area is 270 Å². The summed E-state index contributed by atoms with van der Waals surface area (Å²) >= 11 is 6.52. The number of halogens is 1. The Kier molecular flexibility index (Phi) is 14.7. The van der Waals surface area contributed by atoms with Gasteiger partial charge in [0, 0.05) is 6.54 Å². The second-order valence-corrected chi connectivity index (χ2v) is 13.4. The fourth-order valence-electron chi connectivity index (χ4n) is 5.11. The van der Waals surface area contributed by atoms with E-state index >= 15 is 0 Å². The molecule has 0 heterocycles. The zero-order valence-electron chi connectivity index (χ0n) is 28.3. The summed E-state index contributed by atoms with van der Waals surface area (Å²) in [6, 6.07) is 9.49. The summed E-state index contributed by atoms with van der Waals surface area (Å²) in [7, 11) is 0. The Morgan fingerprint density at radius 1 is 0.909 bits per heavy atom. The lowest BCUT2D eigenvalue weighted by Crippen LogP contribution is -2.55. The lowest BCUT2D eigenvalue weighted by atomic mass is 9.94. The highest BCUT2D eigenvalue weighted by Gasteiger charge is 2.38. The maximum Gasteiger partial charge on any atom is 0.408 e. The van der Waals surface area contributed by atoms with E-state index in [1.54, 1.807) is 31.7 Å². The van der Waals surface area contributed by atoms with Crippen LogP contribution >= 0.6 is 11.6 Å². The number of benzene rings is 2. The number of rotatable bonds is 15. The molecule has 3 atom stereocenters. The van der Waals surface area contributed by atoms with Gasteiger partial charge in [-0.1, -0.05) is 101 Å². The summed E-state index contributed by atoms with van der Waals surface area (Å²) < 4.78 is 5.54. The molecule has 3 amide bonds. The maximum atomic E-state index is 14.6. The van der Waals surface area contributed by atoms with Crippen molar-refractivity contribution in [1.29, 1.82) is 0 Å². The Morgan fingerprint density at radius 2 is 1.57 bits per heavy atom. The Balaban J connectivity index is 2.61. The molecule has 2 rings (SSSR count). The number of alkyl carbamates (subject to hydrolysis) is 1. The first-order chi connectivity index (χ1) is 20.7. The number of unbranched alkanes of at least 4 members (excludes halogenated alkanes) is 5. The molecular formula is C36H54ClN3O4. The number of para-hydroxylation sites is 1. The number of carbonyl (C=O) groups excluding carboxylic acids is 3. The smallest absolute Gasteiger partial charge is 0.408 e. The average Bonchev–Trinajstić information content (AvgIpc) is 2.95. The number of hydrogen-bond donors (Lipinski definition) is 2. The first-order valence-electron chi connectivity index (χ1n) is 16.1. The van der Waals surface area contributed by atoms with Gasteiger partial charge in [0.15, 0.2) is 0 Å². The first-order valence-corrected chi connectivity index (χ1v) is 16.5. The van der Waals surface area contributed by atoms with Crippen molar-refractivity contribution < 1.29 is 19.1 Å². The molecule has 3 unspecified atom stereocenters. The van der Waals surface area contributed by atoms with Crippen LogP contribution in [-0.4, -0.2) is 41.0 Å². The molecule has 0 aliphatic heterocycles. The normalized spacial score (nSPS) is 13.5. The highest BCUT2D eigenvalue weighted by atomic mass is 35.5. The van der Waals surface area contributed by atoms with E-state index in [0.717, 1.165) is 48.8 Å². The minimum atomic E-state index is -0.944. The number of ether oxygens (including phenoxy) is 1. The average molecular weight is 628 g/mol. The highest BCUT2D eigenvalue weighted by Crippen LogP contribution is 2.31. The standard InChI is InChI=1S/C36H54ClN3O4/c1-10-12-13-14-15-16-22-40(34(42)31(24(3)11-2)39-35(43)44-36(7,8)9)32(28-21-20-25(4)27(6)23-28)33(41)38-30-26(5)18-17-19-29(30)37/h17-21,23-24,31-32H,10-16,22H2,1-9H3,(H,38,41)(H,39,43). The molecule has 0 bridgehead atoms. The number of nitrogens with zero attached hydrogens (tertiary/aromatic N) is 1. The van der Waals surface area contributed by atoms with Gasteiger partial charge in [-0.15, -0.1) is 0 Å². The monoisotopic (exact) mass is 627 g/mol. The van der Waals surface area contributed by atoms with Gasteiger partial charge in [0.1, 0.15) is 17.7 Å². The van der Waals surface area contributed by atoms with Gasteiger partial charge in [0.2, 0.25) is 5.91 Å². The molecule has 0 radical (unpaired) electrons. The molecule has 7 nitrogen and oxygen atoms in total. The Hall–Kier alpha value is -3.06. The summed E-state index contributed by atoms with van der Waals surface area (Å²) in [5.74, 6) is -0.867. The number of nitrogens with one attached hydrogen (secondary N) is 2. The van der Waals surface area contributed by atoms with Crippen molar-refractivity contribution in [2.24, 2.45) is 5.92 Å². The molecule has 2 aromatic carbocycles. The lowest BCUT2D eigenvalue weighted by Gasteiger charge is -2.36. The van der Waals surface area contributed by atoms with Crippen LogP contribution in [0.25, 0.3) is 0 Å². The van der Waals surface area contributed by atoms with Crippen molar-refractivity contribution in [3.05, 3.63) is 63.7 Å². The van der Waals surface area contributed by atoms with Gasteiger partial charge in [-0.2, -0.15) is 0 Å². The van der Waals surface area contributed by atoms with Crippen molar-refractivity contribution in [2.45, 2.75) is 125 Å². The molecule has 0 fully saturated rings. The van der Waals surface area contributed by atoms with Gasteiger partial charge in [-0.25, -0.2) is 4.79 Å². The summed E-state index contributed by atoms with van der Waals surface area (Å²) in [4.78, 5) is 43.6. The van der Waals surface area contributed by atoms with Crippen LogP contribution in [-0.2, 0) is 14.3 Å². The molecule has 8 heteroatoms. The number of carbonyl (C=O) groups is 3. The maximum absolute atomic E-state index is 14.6. The largest absolute Gasteiger partial charge is 0.444 e. The lowest BCUT2D eigenvalue weighted by molar-refractivity contribution is -0.142. The van der Waals surface area contributed by atoms with E-state index < -0.39 is 23.8 Å². The third kappa shape index (κ3) is 11.1. The highest BCUT2D eigenvalue weighted by molar-refractivity contribution is 6.34. The molecule has 0 aromatic heterocycles. The third-order valence-electron chi connectivity index (χ3n) is 8.06. The SMILES string of the molecule is CCCCCCCCN(C(=O)C(NC(=O)OC(C)(C)C)C(C)CC)C(C(=O)Nc1c(C)cccc1Cl)c1ccc(C)c(C)c1. The molecule has 0 aliphatic rings. The molecule has 244 valence electrons. The number of aryl methyl sites for hydroxylation is 3. The second-order valence-electron chi connectivity index (χ2n) is 13.0. The van der Waals surface area contributed by atoms with Gasteiger partial charge in [-0.05, 0) is 82.2 Å². The van der Waals surface area contributed by atoms with E-state index in [0.29, 0.717) is 29.2 Å². The van der Waals surface area contributed by atoms with Crippen LogP contribution in [0.3, 0.4) is 0 Å². The number of amides is 3. The zero-order chi connectivity index (χ0) is 33.0. The Morgan fingerprint density at radius 3 is 2.16 bits per heavy atom. The summed E-state index contributed by atoms with van der Waals surface area (Å²) in [6.45, 7) is 17.7. The zero-order valence-corrected chi connectivity index (χ0v) is 29.1. The van der Waals surface area contributed by atoms with E-state index in [1.165, 1.54) is 6.42 Å². The molecule has 0 saturated heterocycles. The van der Waals surface area contributed by atoms with Crippen molar-refractivity contribution in [3.8, 4) is 0 Å². The van der Waals surface area contributed by atoms with Crippen LogP contribution < -0.4 is 10.6 Å². The molecule has 0 aliphatic carbocycles. The number of hydrogen-bond acceptors (Lipinski definition) is 4. The molecule has 0 saturated carbocycles. The molecular weight excluding hydrogens is 574 g/mol. The van der Waals surface area contributed by atoms with Crippen LogP contribution in [0, 0.1) is 26.7 Å². The molecule has 0 spiro atoms. The fourth-order valence-corrected chi connectivity index (χ4v) is 5.38. The van der Waals surface area contributed by atoms with Crippen molar-refractivity contribution in [1.82, 2.24) is 10.2 Å². The van der Waals surface area contributed by atoms with E-state index in [2.05, 4.69) is 17.6 Å². The fraction of sp³-hybridized carbons (Fsp3) is 0.583. The van der Waals surface area contributed by atoms with Crippen LogP contribution in [0.2, 0.25) is 5.02 Å². The van der Waals surface area contributed by atoms with Gasteiger partial charge in [0.05, 0.1) is 10.7 Å². The third-order valence-corrected chi connectivity index (χ3v) is 8.38. The summed E-state index contributed by atoms with van der Waals surface area (Å²) in [5.41, 5.74) is 3.43. The van der Waals surface area contributed by atoms with E-state index in [4.69, 9.17) is 16.3 Å². The molecule has 2 aromatic rings. The molecule has 2 N–H and O–H groups in total. The van der Waals surface area contributed by atoms with Crippen LogP contribution in [0.5, 0.6) is 0 Å².